The molecule has 7 heteroatoms. The summed E-state index contributed by atoms with van der Waals surface area (Å²) in [6.07, 6.45) is 7.12. The van der Waals surface area contributed by atoms with Gasteiger partial charge in [0.1, 0.15) is 22.8 Å². The minimum atomic E-state index is -0.571. The molecular formula is C21H28FN3O2S. The number of halogens is 1. The molecule has 28 heavy (non-hydrogen) atoms. The van der Waals surface area contributed by atoms with E-state index in [1.165, 1.54) is 44.6 Å². The molecule has 0 aliphatic heterocycles. The van der Waals surface area contributed by atoms with Crippen molar-refractivity contribution in [1.82, 2.24) is 14.9 Å². The van der Waals surface area contributed by atoms with Crippen LogP contribution in [-0.2, 0) is 5.75 Å². The van der Waals surface area contributed by atoms with E-state index in [2.05, 4.69) is 29.0 Å². The highest BCUT2D eigenvalue weighted by Crippen LogP contribution is 2.32. The largest absolute Gasteiger partial charge is 0.493 e. The third-order valence-corrected chi connectivity index (χ3v) is 7.18. The fourth-order valence-electron chi connectivity index (χ4n) is 3.82. The topological polar surface area (TPSA) is 58.2 Å². The van der Waals surface area contributed by atoms with Crippen LogP contribution in [0.2, 0.25) is 0 Å². The van der Waals surface area contributed by atoms with Crippen LogP contribution < -0.4 is 10.3 Å². The molecular weight excluding hydrogens is 377 g/mol. The van der Waals surface area contributed by atoms with Crippen molar-refractivity contribution in [2.45, 2.75) is 55.6 Å². The Labute approximate surface area is 169 Å². The van der Waals surface area contributed by atoms with Crippen LogP contribution in [0.5, 0.6) is 5.75 Å². The molecule has 0 saturated heterocycles. The predicted molar refractivity (Wildman–Crippen MR) is 112 cm³/mol. The fourth-order valence-corrected chi connectivity index (χ4v) is 4.96. The summed E-state index contributed by atoms with van der Waals surface area (Å²) >= 11 is 1.84. The van der Waals surface area contributed by atoms with Crippen molar-refractivity contribution in [1.29, 1.82) is 0 Å². The van der Waals surface area contributed by atoms with Crippen LogP contribution >= 0.6 is 11.8 Å². The van der Waals surface area contributed by atoms with E-state index in [0.29, 0.717) is 46.7 Å². The van der Waals surface area contributed by atoms with Gasteiger partial charge in [-0.25, -0.2) is 9.37 Å². The van der Waals surface area contributed by atoms with E-state index in [1.807, 2.05) is 11.8 Å². The Hall–Kier alpha value is -1.60. The number of nitrogens with zero attached hydrogens (tertiary/aromatic N) is 2. The highest BCUT2D eigenvalue weighted by Gasteiger charge is 2.24. The Bertz CT molecular complexity index is 889. The van der Waals surface area contributed by atoms with Gasteiger partial charge in [0.05, 0.1) is 17.9 Å². The van der Waals surface area contributed by atoms with E-state index in [4.69, 9.17) is 4.74 Å². The van der Waals surface area contributed by atoms with Gasteiger partial charge in [-0.15, -0.1) is 0 Å². The smallest absolute Gasteiger partial charge is 0.261 e. The quantitative estimate of drug-likeness (QED) is 0.756. The summed E-state index contributed by atoms with van der Waals surface area (Å²) in [5, 5.41) is 0.598. The Morgan fingerprint density at radius 3 is 2.64 bits per heavy atom. The maximum Gasteiger partial charge on any atom is 0.261 e. The molecule has 0 spiro atoms. The molecule has 0 radical (unpaired) electrons. The SMILES string of the molecule is CN(C)[C@H]1CC[C@H](SCc2nc3cc(OCC4CC4)cc(F)c3c(=O)[nH]2)CC1. The lowest BCUT2D eigenvalue weighted by Crippen LogP contribution is -2.32. The Morgan fingerprint density at radius 1 is 1.21 bits per heavy atom. The molecule has 2 aromatic rings. The number of hydrogen-bond donors (Lipinski definition) is 1. The van der Waals surface area contributed by atoms with Gasteiger partial charge in [-0.1, -0.05) is 0 Å². The number of benzene rings is 1. The molecule has 0 atom stereocenters. The van der Waals surface area contributed by atoms with E-state index in [9.17, 15) is 9.18 Å². The second-order valence-corrected chi connectivity index (χ2v) is 9.56. The molecule has 0 bridgehead atoms. The minimum Gasteiger partial charge on any atom is -0.493 e. The van der Waals surface area contributed by atoms with Crippen molar-refractivity contribution < 1.29 is 9.13 Å². The maximum absolute atomic E-state index is 14.4. The molecule has 2 aliphatic carbocycles. The first-order chi connectivity index (χ1) is 13.5. The highest BCUT2D eigenvalue weighted by molar-refractivity contribution is 7.99. The number of fused-ring (bicyclic) bond motifs is 1. The van der Waals surface area contributed by atoms with Gasteiger partial charge in [-0.3, -0.25) is 4.79 Å². The number of aromatic nitrogens is 2. The summed E-state index contributed by atoms with van der Waals surface area (Å²) in [6.45, 7) is 0.604. The van der Waals surface area contributed by atoms with Crippen LogP contribution in [0.3, 0.4) is 0 Å². The Morgan fingerprint density at radius 2 is 1.96 bits per heavy atom. The van der Waals surface area contributed by atoms with E-state index < -0.39 is 11.4 Å². The first-order valence-corrected chi connectivity index (χ1v) is 11.2. The van der Waals surface area contributed by atoms with Gasteiger partial charge in [0.25, 0.3) is 5.56 Å². The molecule has 2 aliphatic rings. The molecule has 5 nitrogen and oxygen atoms in total. The van der Waals surface area contributed by atoms with Crippen molar-refractivity contribution in [2.75, 3.05) is 20.7 Å². The molecule has 152 valence electrons. The minimum absolute atomic E-state index is 0.0130. The van der Waals surface area contributed by atoms with Gasteiger partial charge < -0.3 is 14.6 Å². The summed E-state index contributed by atoms with van der Waals surface area (Å²) in [7, 11) is 4.28. The molecule has 1 N–H and O–H groups in total. The second-order valence-electron chi connectivity index (χ2n) is 8.27. The average Bonchev–Trinajstić information content (AvgIpc) is 3.49. The van der Waals surface area contributed by atoms with Gasteiger partial charge in [0.2, 0.25) is 0 Å². The number of thioether (sulfide) groups is 1. The highest BCUT2D eigenvalue weighted by atomic mass is 32.2. The molecule has 0 amide bonds. The monoisotopic (exact) mass is 405 g/mol. The standard InChI is InChI=1S/C21H28FN3O2S/c1-25(2)14-5-7-16(8-6-14)28-12-19-23-18-10-15(27-11-13-3-4-13)9-17(22)20(18)21(26)24-19/h9-10,13-14,16H,3-8,11-12H2,1-2H3,(H,23,24,26)/t14-,16-. The molecule has 0 unspecified atom stereocenters. The third-order valence-electron chi connectivity index (χ3n) is 5.80. The summed E-state index contributed by atoms with van der Waals surface area (Å²) < 4.78 is 20.1. The lowest BCUT2D eigenvalue weighted by atomic mass is 9.94. The zero-order chi connectivity index (χ0) is 19.7. The van der Waals surface area contributed by atoms with Crippen LogP contribution in [0.1, 0.15) is 44.3 Å². The van der Waals surface area contributed by atoms with Gasteiger partial charge in [0, 0.05) is 23.4 Å². The number of nitrogens with one attached hydrogen (secondary N) is 1. The predicted octanol–water partition coefficient (Wildman–Crippen LogP) is 3.96. The summed E-state index contributed by atoms with van der Waals surface area (Å²) in [6, 6.07) is 3.65. The van der Waals surface area contributed by atoms with Crippen molar-refractivity contribution in [2.24, 2.45) is 5.92 Å². The van der Waals surface area contributed by atoms with Crippen molar-refractivity contribution in [3.63, 3.8) is 0 Å². The first-order valence-electron chi connectivity index (χ1n) is 10.1. The number of rotatable bonds is 7. The molecule has 2 saturated carbocycles. The van der Waals surface area contributed by atoms with Crippen LogP contribution in [0, 0.1) is 11.7 Å². The van der Waals surface area contributed by atoms with Crippen LogP contribution in [0.25, 0.3) is 10.9 Å². The molecule has 1 heterocycles. The molecule has 1 aromatic heterocycles. The van der Waals surface area contributed by atoms with E-state index in [1.54, 1.807) is 6.07 Å². The van der Waals surface area contributed by atoms with Crippen molar-refractivity contribution in [3.05, 3.63) is 34.1 Å². The van der Waals surface area contributed by atoms with E-state index >= 15 is 0 Å². The normalized spacial score (nSPS) is 22.7. The van der Waals surface area contributed by atoms with E-state index in [0.717, 1.165) is 0 Å². The Kier molecular flexibility index (Phi) is 5.92. The first kappa shape index (κ1) is 19.7. The second kappa shape index (κ2) is 8.41. The van der Waals surface area contributed by atoms with Crippen LogP contribution in [0.4, 0.5) is 4.39 Å². The van der Waals surface area contributed by atoms with E-state index in [-0.39, 0.29) is 5.39 Å². The number of hydrogen-bond acceptors (Lipinski definition) is 5. The van der Waals surface area contributed by atoms with Gasteiger partial charge >= 0.3 is 0 Å². The molecule has 1 aromatic carbocycles. The average molecular weight is 406 g/mol. The summed E-state index contributed by atoms with van der Waals surface area (Å²) in [4.78, 5) is 22.0. The summed E-state index contributed by atoms with van der Waals surface area (Å²) in [5.41, 5.74) is -0.0374. The molecule has 2 fully saturated rings. The van der Waals surface area contributed by atoms with Crippen LogP contribution in [-0.4, -0.2) is 46.9 Å². The summed E-state index contributed by atoms with van der Waals surface area (Å²) in [5.74, 6) is 1.71. The molecule has 4 rings (SSSR count). The van der Waals surface area contributed by atoms with Crippen molar-refractivity contribution >= 4 is 22.7 Å². The fraction of sp³-hybridized carbons (Fsp3) is 0.619. The zero-order valence-corrected chi connectivity index (χ0v) is 17.4. The lowest BCUT2D eigenvalue weighted by Gasteiger charge is -2.32. The Balaban J connectivity index is 1.44. The lowest BCUT2D eigenvalue weighted by molar-refractivity contribution is 0.232. The van der Waals surface area contributed by atoms with Crippen molar-refractivity contribution in [3.8, 4) is 5.75 Å². The number of H-pyrrole nitrogens is 1. The maximum atomic E-state index is 14.4. The number of ether oxygens (including phenoxy) is 1. The van der Waals surface area contributed by atoms with Crippen LogP contribution in [0.15, 0.2) is 16.9 Å². The van der Waals surface area contributed by atoms with Gasteiger partial charge in [0.15, 0.2) is 0 Å². The zero-order valence-electron chi connectivity index (χ0n) is 16.5. The van der Waals surface area contributed by atoms with Gasteiger partial charge in [-0.2, -0.15) is 11.8 Å². The third kappa shape index (κ3) is 4.69. The number of aromatic amines is 1. The van der Waals surface area contributed by atoms with Gasteiger partial charge in [-0.05, 0) is 58.5 Å².